The predicted molar refractivity (Wildman–Crippen MR) is 81.7 cm³/mol. The highest BCUT2D eigenvalue weighted by Gasteiger charge is 2.12. The summed E-state index contributed by atoms with van der Waals surface area (Å²) in [4.78, 5) is 1.43. The molecule has 1 atom stereocenters. The highest BCUT2D eigenvalue weighted by molar-refractivity contribution is 7.10. The first-order valence-corrected chi connectivity index (χ1v) is 7.25. The molecule has 0 saturated carbocycles. The van der Waals surface area contributed by atoms with Crippen molar-refractivity contribution in [3.8, 4) is 0 Å². The van der Waals surface area contributed by atoms with Crippen molar-refractivity contribution in [1.29, 1.82) is 0 Å². The zero-order chi connectivity index (χ0) is 13.3. The summed E-state index contributed by atoms with van der Waals surface area (Å²) in [5.41, 5.74) is 6.64. The first-order valence-electron chi connectivity index (χ1n) is 6.37. The number of benzene rings is 1. The number of anilines is 1. The van der Waals surface area contributed by atoms with E-state index in [1.165, 1.54) is 32.8 Å². The van der Waals surface area contributed by atoms with Gasteiger partial charge in [-0.3, -0.25) is 0 Å². The van der Waals surface area contributed by atoms with Crippen molar-refractivity contribution in [2.24, 2.45) is 0 Å². The maximum Gasteiger partial charge on any atom is 0.0581 e. The van der Waals surface area contributed by atoms with Gasteiger partial charge in [0.15, 0.2) is 0 Å². The SMILES string of the molecule is Cc1cc(C)c(NC(C)c2sccc2C)c(C)c1. The van der Waals surface area contributed by atoms with Crippen LogP contribution >= 0.6 is 11.3 Å². The van der Waals surface area contributed by atoms with Crippen LogP contribution in [0.3, 0.4) is 0 Å². The lowest BCUT2D eigenvalue weighted by molar-refractivity contribution is 0.894. The van der Waals surface area contributed by atoms with E-state index in [-0.39, 0.29) is 0 Å². The molecule has 18 heavy (non-hydrogen) atoms. The Bertz CT molecular complexity index is 531. The molecule has 1 N–H and O–H groups in total. The van der Waals surface area contributed by atoms with Crippen LogP contribution in [0.4, 0.5) is 5.69 Å². The molecule has 1 nitrogen and oxygen atoms in total. The number of hydrogen-bond donors (Lipinski definition) is 1. The van der Waals surface area contributed by atoms with Crippen LogP contribution < -0.4 is 5.32 Å². The second-order valence-corrected chi connectivity index (χ2v) is 6.06. The Kier molecular flexibility index (Phi) is 3.76. The highest BCUT2D eigenvalue weighted by Crippen LogP contribution is 2.30. The molecule has 1 heterocycles. The molecule has 96 valence electrons. The topological polar surface area (TPSA) is 12.0 Å². The molecule has 0 bridgehead atoms. The molecule has 0 fully saturated rings. The van der Waals surface area contributed by atoms with E-state index in [0.717, 1.165) is 0 Å². The average Bonchev–Trinajstić information content (AvgIpc) is 2.69. The van der Waals surface area contributed by atoms with Crippen molar-refractivity contribution >= 4 is 17.0 Å². The van der Waals surface area contributed by atoms with Gasteiger partial charge in [-0.15, -0.1) is 11.3 Å². The van der Waals surface area contributed by atoms with Crippen LogP contribution in [-0.2, 0) is 0 Å². The monoisotopic (exact) mass is 259 g/mol. The van der Waals surface area contributed by atoms with E-state index in [2.05, 4.69) is 63.5 Å². The lowest BCUT2D eigenvalue weighted by Gasteiger charge is -2.19. The second-order valence-electron chi connectivity index (χ2n) is 5.11. The molecule has 0 aliphatic heterocycles. The van der Waals surface area contributed by atoms with Crippen LogP contribution in [0.2, 0.25) is 0 Å². The van der Waals surface area contributed by atoms with Crippen molar-refractivity contribution in [1.82, 2.24) is 0 Å². The number of rotatable bonds is 3. The Morgan fingerprint density at radius 1 is 1.00 bits per heavy atom. The van der Waals surface area contributed by atoms with Crippen LogP contribution in [-0.4, -0.2) is 0 Å². The van der Waals surface area contributed by atoms with Gasteiger partial charge < -0.3 is 5.32 Å². The summed E-state index contributed by atoms with van der Waals surface area (Å²) < 4.78 is 0. The van der Waals surface area contributed by atoms with E-state index >= 15 is 0 Å². The molecule has 0 radical (unpaired) electrons. The summed E-state index contributed by atoms with van der Waals surface area (Å²) in [5.74, 6) is 0. The minimum absolute atomic E-state index is 0.366. The molecule has 1 aromatic heterocycles. The summed E-state index contributed by atoms with van der Waals surface area (Å²) in [6.07, 6.45) is 0. The minimum Gasteiger partial charge on any atom is -0.377 e. The van der Waals surface area contributed by atoms with Gasteiger partial charge in [0, 0.05) is 10.6 Å². The maximum absolute atomic E-state index is 3.66. The van der Waals surface area contributed by atoms with Crippen molar-refractivity contribution in [3.63, 3.8) is 0 Å². The molecule has 0 aliphatic carbocycles. The molecule has 1 aromatic carbocycles. The normalized spacial score (nSPS) is 12.5. The van der Waals surface area contributed by atoms with Gasteiger partial charge in [-0.25, -0.2) is 0 Å². The van der Waals surface area contributed by atoms with Crippen molar-refractivity contribution in [2.45, 2.75) is 40.7 Å². The minimum atomic E-state index is 0.366. The summed E-state index contributed by atoms with van der Waals surface area (Å²) in [5, 5.41) is 5.82. The fraction of sp³-hybridized carbons (Fsp3) is 0.375. The van der Waals surface area contributed by atoms with Gasteiger partial charge in [-0.05, 0) is 62.8 Å². The van der Waals surface area contributed by atoms with Crippen LogP contribution in [0.25, 0.3) is 0 Å². The Morgan fingerprint density at radius 3 is 2.11 bits per heavy atom. The van der Waals surface area contributed by atoms with Gasteiger partial charge >= 0.3 is 0 Å². The molecule has 2 aromatic rings. The molecule has 2 heteroatoms. The van der Waals surface area contributed by atoms with Crippen molar-refractivity contribution in [2.75, 3.05) is 5.32 Å². The van der Waals surface area contributed by atoms with Gasteiger partial charge in [-0.1, -0.05) is 17.7 Å². The molecule has 2 rings (SSSR count). The van der Waals surface area contributed by atoms with Gasteiger partial charge in [-0.2, -0.15) is 0 Å². The van der Waals surface area contributed by atoms with Crippen LogP contribution in [0.1, 0.15) is 40.1 Å². The van der Waals surface area contributed by atoms with E-state index in [1.54, 1.807) is 0 Å². The Balaban J connectivity index is 2.27. The molecule has 0 amide bonds. The second kappa shape index (κ2) is 5.15. The van der Waals surface area contributed by atoms with Gasteiger partial charge in [0.05, 0.1) is 6.04 Å². The Morgan fingerprint density at radius 2 is 1.61 bits per heavy atom. The third-order valence-corrected chi connectivity index (χ3v) is 4.53. The van der Waals surface area contributed by atoms with E-state index in [1.807, 2.05) is 11.3 Å². The van der Waals surface area contributed by atoms with Gasteiger partial charge in [0.25, 0.3) is 0 Å². The fourth-order valence-electron chi connectivity index (χ4n) is 2.52. The molecule has 0 saturated heterocycles. The summed E-state index contributed by atoms with van der Waals surface area (Å²) in [6.45, 7) is 10.9. The van der Waals surface area contributed by atoms with Crippen LogP contribution in [0.15, 0.2) is 23.6 Å². The summed E-state index contributed by atoms with van der Waals surface area (Å²) >= 11 is 1.83. The predicted octanol–water partition coefficient (Wildman–Crippen LogP) is 5.15. The largest absolute Gasteiger partial charge is 0.377 e. The van der Waals surface area contributed by atoms with Crippen LogP contribution in [0.5, 0.6) is 0 Å². The summed E-state index contributed by atoms with van der Waals surface area (Å²) in [7, 11) is 0. The zero-order valence-electron chi connectivity index (χ0n) is 11.8. The average molecular weight is 259 g/mol. The van der Waals surface area contributed by atoms with E-state index in [4.69, 9.17) is 0 Å². The van der Waals surface area contributed by atoms with E-state index < -0.39 is 0 Å². The zero-order valence-corrected chi connectivity index (χ0v) is 12.6. The maximum atomic E-state index is 3.66. The summed E-state index contributed by atoms with van der Waals surface area (Å²) in [6, 6.07) is 7.03. The van der Waals surface area contributed by atoms with Gasteiger partial charge in [0.1, 0.15) is 0 Å². The molecular weight excluding hydrogens is 238 g/mol. The molecular formula is C16H21NS. The van der Waals surface area contributed by atoms with Gasteiger partial charge in [0.2, 0.25) is 0 Å². The van der Waals surface area contributed by atoms with Crippen molar-refractivity contribution < 1.29 is 0 Å². The number of thiophene rings is 1. The lowest BCUT2D eigenvalue weighted by atomic mass is 10.0. The lowest BCUT2D eigenvalue weighted by Crippen LogP contribution is -2.08. The number of nitrogens with one attached hydrogen (secondary N) is 1. The number of hydrogen-bond acceptors (Lipinski definition) is 2. The Hall–Kier alpha value is -1.28. The van der Waals surface area contributed by atoms with Crippen LogP contribution in [0, 0.1) is 27.7 Å². The fourth-order valence-corrected chi connectivity index (χ4v) is 3.45. The van der Waals surface area contributed by atoms with E-state index in [0.29, 0.717) is 6.04 Å². The first kappa shape index (κ1) is 13.2. The van der Waals surface area contributed by atoms with Crippen molar-refractivity contribution in [3.05, 3.63) is 50.7 Å². The highest BCUT2D eigenvalue weighted by atomic mass is 32.1. The number of aryl methyl sites for hydroxylation is 4. The molecule has 0 aliphatic rings. The Labute approximate surface area is 114 Å². The third-order valence-electron chi connectivity index (χ3n) is 3.33. The third kappa shape index (κ3) is 2.59. The standard InChI is InChI=1S/C16H21NS/c1-10-8-12(3)15(13(4)9-10)17-14(5)16-11(2)6-7-18-16/h6-9,14,17H,1-5H3. The quantitative estimate of drug-likeness (QED) is 0.803. The first-order chi connectivity index (χ1) is 8.49. The molecule has 0 spiro atoms. The smallest absolute Gasteiger partial charge is 0.0581 e. The van der Waals surface area contributed by atoms with E-state index in [9.17, 15) is 0 Å². The molecule has 1 unspecified atom stereocenters.